The van der Waals surface area contributed by atoms with Gasteiger partial charge in [-0.3, -0.25) is 4.79 Å². The lowest BCUT2D eigenvalue weighted by Crippen LogP contribution is -2.43. The van der Waals surface area contributed by atoms with Crippen LogP contribution in [0.25, 0.3) is 9.40 Å². The van der Waals surface area contributed by atoms with Crippen molar-refractivity contribution < 1.29 is 4.79 Å². The molecule has 2 aromatic rings. The topological polar surface area (TPSA) is 29.1 Å². The van der Waals surface area contributed by atoms with Crippen LogP contribution in [-0.2, 0) is 0 Å². The fraction of sp³-hybridized carbons (Fsp3) is 0.417. The second kappa shape index (κ2) is 4.96. The van der Waals surface area contributed by atoms with Crippen LogP contribution in [0.3, 0.4) is 0 Å². The second-order valence-electron chi connectivity index (χ2n) is 4.54. The molecule has 0 bridgehead atoms. The van der Waals surface area contributed by atoms with Crippen LogP contribution in [0.1, 0.15) is 29.9 Å². The Bertz CT molecular complexity index is 501. The lowest BCUT2D eigenvalue weighted by molar-refractivity contribution is 0.0916. The minimum Gasteiger partial charge on any atom is -0.346 e. The summed E-state index contributed by atoms with van der Waals surface area (Å²) in [5.41, 5.74) is -0.254. The Hall–Kier alpha value is -0.580. The van der Waals surface area contributed by atoms with Gasteiger partial charge in [0.25, 0.3) is 5.91 Å². The first-order valence-electron chi connectivity index (χ1n) is 5.37. The van der Waals surface area contributed by atoms with Gasteiger partial charge in [-0.05, 0) is 37.8 Å². The average Bonchev–Trinajstić information content (AvgIpc) is 2.74. The molecule has 0 spiro atoms. The quantitative estimate of drug-likeness (QED) is 0.843. The molecule has 2 aromatic heterocycles. The Morgan fingerprint density at radius 1 is 1.47 bits per heavy atom. The van der Waals surface area contributed by atoms with E-state index in [0.717, 1.165) is 11.3 Å². The van der Waals surface area contributed by atoms with Crippen molar-refractivity contribution in [2.75, 3.05) is 5.88 Å². The van der Waals surface area contributed by atoms with Crippen LogP contribution in [-0.4, -0.2) is 17.3 Å². The van der Waals surface area contributed by atoms with Crippen LogP contribution in [0.2, 0.25) is 0 Å². The fourth-order valence-electron chi connectivity index (χ4n) is 1.55. The molecule has 0 saturated carbocycles. The highest BCUT2D eigenvalue weighted by atomic mass is 35.5. The van der Waals surface area contributed by atoms with Gasteiger partial charge in [0, 0.05) is 20.8 Å². The molecule has 2 rings (SSSR count). The molecule has 0 fully saturated rings. The van der Waals surface area contributed by atoms with Crippen LogP contribution < -0.4 is 5.32 Å². The Labute approximate surface area is 114 Å². The van der Waals surface area contributed by atoms with Crippen LogP contribution >= 0.6 is 34.3 Å². The Morgan fingerprint density at radius 2 is 2.24 bits per heavy atom. The monoisotopic (exact) mass is 287 g/mol. The summed E-state index contributed by atoms with van der Waals surface area (Å²) in [6.45, 7) is 3.98. The summed E-state index contributed by atoms with van der Waals surface area (Å²) in [6, 6.07) is 4.00. The highest BCUT2D eigenvalue weighted by Gasteiger charge is 2.21. The van der Waals surface area contributed by atoms with Crippen molar-refractivity contribution in [3.8, 4) is 0 Å². The molecule has 0 aromatic carbocycles. The molecular formula is C12H14ClNOS2. The van der Waals surface area contributed by atoms with Crippen molar-refractivity contribution in [2.45, 2.75) is 25.8 Å². The van der Waals surface area contributed by atoms with Gasteiger partial charge >= 0.3 is 0 Å². The number of alkyl halides is 1. The number of fused-ring (bicyclic) bond motifs is 1. The van der Waals surface area contributed by atoms with E-state index >= 15 is 0 Å². The van der Waals surface area contributed by atoms with Gasteiger partial charge in [0.1, 0.15) is 0 Å². The number of nitrogens with one attached hydrogen (secondary N) is 1. The number of thiophene rings is 2. The lowest BCUT2D eigenvalue weighted by atomic mass is 10.0. The maximum absolute atomic E-state index is 12.1. The van der Waals surface area contributed by atoms with E-state index in [1.807, 2.05) is 31.4 Å². The van der Waals surface area contributed by atoms with Gasteiger partial charge in [-0.2, -0.15) is 0 Å². The predicted octanol–water partition coefficient (Wildman–Crippen LogP) is 4.10. The highest BCUT2D eigenvalue weighted by molar-refractivity contribution is 7.27. The predicted molar refractivity (Wildman–Crippen MR) is 76.6 cm³/mol. The zero-order valence-corrected chi connectivity index (χ0v) is 12.1. The Kier molecular flexibility index (Phi) is 3.76. The number of carbonyl (C=O) groups is 1. The third-order valence-electron chi connectivity index (χ3n) is 2.53. The third kappa shape index (κ3) is 3.00. The first-order chi connectivity index (χ1) is 8.02. The lowest BCUT2D eigenvalue weighted by Gasteiger charge is -2.24. The van der Waals surface area contributed by atoms with E-state index in [4.69, 9.17) is 11.6 Å². The van der Waals surface area contributed by atoms with E-state index in [-0.39, 0.29) is 11.4 Å². The summed E-state index contributed by atoms with van der Waals surface area (Å²) >= 11 is 8.91. The number of halogens is 1. The molecule has 1 amide bonds. The van der Waals surface area contributed by atoms with Gasteiger partial charge in [-0.25, -0.2) is 0 Å². The molecule has 2 heterocycles. The minimum absolute atomic E-state index is 0.00600. The summed E-state index contributed by atoms with van der Waals surface area (Å²) in [6.07, 6.45) is 0.764. The van der Waals surface area contributed by atoms with Crippen molar-refractivity contribution in [1.82, 2.24) is 5.32 Å². The Balaban J connectivity index is 2.12. The molecule has 0 saturated heterocycles. The maximum Gasteiger partial charge on any atom is 0.261 e. The minimum atomic E-state index is -0.254. The molecule has 0 atom stereocenters. The molecule has 0 unspecified atom stereocenters. The largest absolute Gasteiger partial charge is 0.346 e. The SMILES string of the molecule is CC(C)(CCCl)NC(=O)c1cc2sccc2s1. The first-order valence-corrected chi connectivity index (χ1v) is 7.60. The van der Waals surface area contributed by atoms with Gasteiger partial charge in [-0.15, -0.1) is 34.3 Å². The zero-order chi connectivity index (χ0) is 12.5. The third-order valence-corrected chi connectivity index (χ3v) is 4.82. The van der Waals surface area contributed by atoms with E-state index in [2.05, 4.69) is 5.32 Å². The molecule has 92 valence electrons. The number of amides is 1. The van der Waals surface area contributed by atoms with E-state index in [0.29, 0.717) is 5.88 Å². The van der Waals surface area contributed by atoms with E-state index < -0.39 is 0 Å². The van der Waals surface area contributed by atoms with Crippen LogP contribution in [0.15, 0.2) is 17.5 Å². The van der Waals surface area contributed by atoms with Gasteiger partial charge < -0.3 is 5.32 Å². The van der Waals surface area contributed by atoms with Crippen LogP contribution in [0.5, 0.6) is 0 Å². The number of carbonyl (C=O) groups excluding carboxylic acids is 1. The van der Waals surface area contributed by atoms with E-state index in [1.54, 1.807) is 11.3 Å². The van der Waals surface area contributed by atoms with Gasteiger partial charge in [0.2, 0.25) is 0 Å². The summed E-state index contributed by atoms with van der Waals surface area (Å²) in [5.74, 6) is 0.542. The van der Waals surface area contributed by atoms with Gasteiger partial charge in [0.15, 0.2) is 0 Å². The molecule has 0 aliphatic heterocycles. The molecule has 1 N–H and O–H groups in total. The summed E-state index contributed by atoms with van der Waals surface area (Å²) in [5, 5.41) is 5.06. The molecule has 5 heteroatoms. The smallest absolute Gasteiger partial charge is 0.261 e. The summed E-state index contributed by atoms with van der Waals surface area (Å²) in [4.78, 5) is 12.8. The molecular weight excluding hydrogens is 274 g/mol. The summed E-state index contributed by atoms with van der Waals surface area (Å²) in [7, 11) is 0. The average molecular weight is 288 g/mol. The van der Waals surface area contributed by atoms with Crippen molar-refractivity contribution >= 4 is 49.6 Å². The molecule has 0 aliphatic carbocycles. The van der Waals surface area contributed by atoms with Crippen LogP contribution in [0.4, 0.5) is 0 Å². The zero-order valence-electron chi connectivity index (χ0n) is 9.75. The normalized spacial score (nSPS) is 11.9. The van der Waals surface area contributed by atoms with Crippen molar-refractivity contribution in [3.05, 3.63) is 22.4 Å². The number of rotatable bonds is 4. The van der Waals surface area contributed by atoms with Crippen LogP contribution in [0, 0.1) is 0 Å². The number of hydrogen-bond acceptors (Lipinski definition) is 3. The molecule has 0 aliphatic rings. The second-order valence-corrected chi connectivity index (χ2v) is 6.95. The van der Waals surface area contributed by atoms with E-state index in [9.17, 15) is 4.79 Å². The van der Waals surface area contributed by atoms with Crippen molar-refractivity contribution in [3.63, 3.8) is 0 Å². The van der Waals surface area contributed by atoms with Crippen molar-refractivity contribution in [1.29, 1.82) is 0 Å². The fourth-order valence-corrected chi connectivity index (χ4v) is 4.02. The molecule has 17 heavy (non-hydrogen) atoms. The molecule has 0 radical (unpaired) electrons. The molecule has 2 nitrogen and oxygen atoms in total. The van der Waals surface area contributed by atoms with Gasteiger partial charge in [-0.1, -0.05) is 0 Å². The maximum atomic E-state index is 12.1. The first kappa shape index (κ1) is 12.9. The van der Waals surface area contributed by atoms with E-state index in [1.165, 1.54) is 20.7 Å². The summed E-state index contributed by atoms with van der Waals surface area (Å²) < 4.78 is 2.35. The van der Waals surface area contributed by atoms with Gasteiger partial charge in [0.05, 0.1) is 4.88 Å². The Morgan fingerprint density at radius 3 is 2.88 bits per heavy atom. The highest BCUT2D eigenvalue weighted by Crippen LogP contribution is 2.30. The van der Waals surface area contributed by atoms with Crippen molar-refractivity contribution in [2.24, 2.45) is 0 Å². The standard InChI is InChI=1S/C12H14ClNOS2/c1-12(2,4-5-13)14-11(15)10-7-9-8(17-10)3-6-16-9/h3,6-7H,4-5H2,1-2H3,(H,14,15). The number of hydrogen-bond donors (Lipinski definition) is 1.